The molecule has 1 radical (unpaired) electrons. The number of hydrogen-bond acceptors (Lipinski definition) is 0. The van der Waals surface area contributed by atoms with Crippen LogP contribution < -0.4 is 0 Å². The Bertz CT molecular complexity index is 737. The van der Waals surface area contributed by atoms with Crippen LogP contribution >= 0.6 is 22.2 Å². The van der Waals surface area contributed by atoms with Gasteiger partial charge in [-0.2, -0.15) is 0 Å². The molecule has 3 aromatic carbocycles. The van der Waals surface area contributed by atoms with Crippen molar-refractivity contribution in [1.29, 1.82) is 0 Å². The van der Waals surface area contributed by atoms with Crippen molar-refractivity contribution >= 4 is 51.1 Å². The Morgan fingerprint density at radius 2 is 1.53 bits per heavy atom. The summed E-state index contributed by atoms with van der Waals surface area (Å²) in [6.45, 7) is 2.11. The Labute approximate surface area is 124 Å². The molecule has 95 valence electrons. The van der Waals surface area contributed by atoms with Crippen molar-refractivity contribution < 1.29 is 0 Å². The second-order valence-corrected chi connectivity index (χ2v) is 9.21. The fourth-order valence-corrected chi connectivity index (χ4v) is 3.75. The van der Waals surface area contributed by atoms with E-state index in [0.29, 0.717) is 0 Å². The Morgan fingerprint density at radius 1 is 0.789 bits per heavy atom. The van der Waals surface area contributed by atoms with Gasteiger partial charge >= 0.3 is 0 Å². The van der Waals surface area contributed by atoms with Crippen molar-refractivity contribution in [2.24, 2.45) is 0 Å². The van der Waals surface area contributed by atoms with Gasteiger partial charge in [0.05, 0.1) is 0 Å². The molecule has 0 aliphatic rings. The van der Waals surface area contributed by atoms with Crippen LogP contribution in [0.15, 0.2) is 54.6 Å². The van der Waals surface area contributed by atoms with E-state index in [4.69, 9.17) is 22.2 Å². The molecule has 0 N–H and O–H groups in total. The maximum absolute atomic E-state index is 6.15. The van der Waals surface area contributed by atoms with Gasteiger partial charge in [0.15, 0.2) is 0 Å². The third kappa shape index (κ3) is 2.27. The number of hydrogen-bond donors (Lipinski definition) is 0. The van der Waals surface area contributed by atoms with Gasteiger partial charge < -0.3 is 0 Å². The fraction of sp³-hybridized carbons (Fsp3) is 0.125. The molecular weight excluding hydrogens is 291 g/mol. The first-order valence-electron chi connectivity index (χ1n) is 6.26. The highest BCUT2D eigenvalue weighted by Gasteiger charge is 2.19. The van der Waals surface area contributed by atoms with Gasteiger partial charge in [-0.05, 0) is 27.1 Å². The van der Waals surface area contributed by atoms with Crippen LogP contribution in [0.25, 0.3) is 21.5 Å². The van der Waals surface area contributed by atoms with E-state index >= 15 is 0 Å². The molecule has 0 bridgehead atoms. The first-order valence-corrected chi connectivity index (χ1v) is 9.87. The minimum atomic E-state index is -1.36. The van der Waals surface area contributed by atoms with Gasteiger partial charge in [0.2, 0.25) is 0 Å². The van der Waals surface area contributed by atoms with Gasteiger partial charge in [-0.25, -0.2) is 0 Å². The average molecular weight is 304 g/mol. The van der Waals surface area contributed by atoms with Gasteiger partial charge in [-0.15, -0.1) is 22.2 Å². The van der Waals surface area contributed by atoms with Crippen molar-refractivity contribution in [2.75, 3.05) is 0 Å². The van der Waals surface area contributed by atoms with Gasteiger partial charge in [0.25, 0.3) is 7.42 Å². The highest BCUT2D eigenvalue weighted by molar-refractivity contribution is 7.34. The van der Waals surface area contributed by atoms with E-state index in [1.807, 2.05) is 0 Å². The summed E-state index contributed by atoms with van der Waals surface area (Å²) in [4.78, 5) is 0. The normalized spacial score (nSPS) is 13.3. The van der Waals surface area contributed by atoms with Crippen molar-refractivity contribution in [3.63, 3.8) is 0 Å². The number of fused-ring (bicyclic) bond motifs is 3. The maximum Gasteiger partial charge on any atom is 0.281 e. The Morgan fingerprint density at radius 3 is 2.32 bits per heavy atom. The van der Waals surface area contributed by atoms with E-state index in [1.165, 1.54) is 27.1 Å². The molecule has 3 aromatic rings. The molecule has 0 amide bonds. The molecule has 0 heterocycles. The third-order valence-corrected chi connectivity index (χ3v) is 6.54. The summed E-state index contributed by atoms with van der Waals surface area (Å²) in [6.07, 6.45) is 0. The highest BCUT2D eigenvalue weighted by Crippen LogP contribution is 2.33. The largest absolute Gasteiger partial charge is 0.281 e. The Hall–Kier alpha value is -1.02. The van der Waals surface area contributed by atoms with Crippen molar-refractivity contribution in [3.8, 4) is 0 Å². The smallest absolute Gasteiger partial charge is 0.146 e. The van der Waals surface area contributed by atoms with Crippen LogP contribution in [0.4, 0.5) is 0 Å². The second kappa shape index (κ2) is 5.16. The van der Waals surface area contributed by atoms with Crippen LogP contribution in [0.2, 0.25) is 0 Å². The summed E-state index contributed by atoms with van der Waals surface area (Å²) in [6, 6.07) is 19.2. The van der Waals surface area contributed by atoms with Gasteiger partial charge in [-0.3, -0.25) is 0 Å². The number of benzene rings is 3. The van der Waals surface area contributed by atoms with Crippen LogP contribution in [0.5, 0.6) is 0 Å². The zero-order valence-electron chi connectivity index (χ0n) is 10.5. The van der Waals surface area contributed by atoms with E-state index < -0.39 is 7.42 Å². The summed E-state index contributed by atoms with van der Waals surface area (Å²) in [5.74, 6) is 0. The molecular formula is C16H13Cl2Si. The summed E-state index contributed by atoms with van der Waals surface area (Å²) >= 11 is 12.3. The van der Waals surface area contributed by atoms with Crippen molar-refractivity contribution in [1.82, 2.24) is 0 Å². The van der Waals surface area contributed by atoms with Crippen molar-refractivity contribution in [2.45, 2.75) is 12.5 Å². The fourth-order valence-electron chi connectivity index (χ4n) is 2.56. The molecule has 3 heteroatoms. The molecule has 19 heavy (non-hydrogen) atoms. The molecule has 0 nitrogen and oxygen atoms in total. The minimum absolute atomic E-state index is 0.221. The lowest BCUT2D eigenvalue weighted by molar-refractivity contribution is 1.09. The predicted molar refractivity (Wildman–Crippen MR) is 87.3 cm³/mol. The van der Waals surface area contributed by atoms with E-state index in [2.05, 4.69) is 61.5 Å². The monoisotopic (exact) mass is 303 g/mol. The number of rotatable bonds is 2. The molecule has 0 aromatic heterocycles. The third-order valence-electron chi connectivity index (χ3n) is 3.61. The molecule has 1 unspecified atom stereocenters. The zero-order valence-corrected chi connectivity index (χ0v) is 13.0. The van der Waals surface area contributed by atoms with Gasteiger partial charge in [0, 0.05) is 5.54 Å². The SMILES string of the molecule is CC(c1cccc2c1ccc1ccccc12)[Si](Cl)Cl. The summed E-state index contributed by atoms with van der Waals surface area (Å²) in [5, 5.41) is 5.09. The predicted octanol–water partition coefficient (Wildman–Crippen LogP) is 5.60. The Balaban J connectivity index is 2.35. The van der Waals surface area contributed by atoms with Crippen LogP contribution in [-0.4, -0.2) is 7.42 Å². The first-order chi connectivity index (χ1) is 9.18. The van der Waals surface area contributed by atoms with E-state index in [0.717, 1.165) is 0 Å². The lowest BCUT2D eigenvalue weighted by Gasteiger charge is -2.15. The van der Waals surface area contributed by atoms with Gasteiger partial charge in [0.1, 0.15) is 0 Å². The zero-order chi connectivity index (χ0) is 13.4. The first kappa shape index (κ1) is 13.0. The molecule has 3 rings (SSSR count). The standard InChI is InChI=1S/C16H13Cl2Si/c1-11(19(17)18)13-7-4-8-15-14-6-3-2-5-12(14)9-10-16(13)15/h2-11H,1H3. The molecule has 0 spiro atoms. The molecule has 0 aliphatic carbocycles. The van der Waals surface area contributed by atoms with Gasteiger partial charge in [-0.1, -0.05) is 61.5 Å². The quantitative estimate of drug-likeness (QED) is 0.328. The maximum atomic E-state index is 6.15. The molecule has 0 saturated heterocycles. The van der Waals surface area contributed by atoms with E-state index in [-0.39, 0.29) is 5.54 Å². The van der Waals surface area contributed by atoms with Crippen LogP contribution in [0.3, 0.4) is 0 Å². The minimum Gasteiger partial charge on any atom is -0.146 e. The second-order valence-electron chi connectivity index (χ2n) is 4.74. The summed E-state index contributed by atoms with van der Waals surface area (Å²) in [5.41, 5.74) is 1.47. The van der Waals surface area contributed by atoms with E-state index in [9.17, 15) is 0 Å². The van der Waals surface area contributed by atoms with Crippen LogP contribution in [0, 0.1) is 0 Å². The highest BCUT2D eigenvalue weighted by atomic mass is 35.7. The number of halogens is 2. The molecule has 0 saturated carbocycles. The average Bonchev–Trinajstić information content (AvgIpc) is 2.45. The Kier molecular flexibility index (Phi) is 3.53. The lowest BCUT2D eigenvalue weighted by Crippen LogP contribution is -2.07. The van der Waals surface area contributed by atoms with Crippen LogP contribution in [0.1, 0.15) is 18.0 Å². The van der Waals surface area contributed by atoms with E-state index in [1.54, 1.807) is 0 Å². The van der Waals surface area contributed by atoms with Crippen molar-refractivity contribution in [3.05, 3.63) is 60.2 Å². The molecule has 1 atom stereocenters. The molecule has 0 aliphatic heterocycles. The topological polar surface area (TPSA) is 0 Å². The van der Waals surface area contributed by atoms with Crippen LogP contribution in [-0.2, 0) is 0 Å². The molecule has 0 fully saturated rings. The summed E-state index contributed by atoms with van der Waals surface area (Å²) < 4.78 is 0. The summed E-state index contributed by atoms with van der Waals surface area (Å²) in [7, 11) is -1.36. The lowest BCUT2D eigenvalue weighted by atomic mass is 9.97.